The first kappa shape index (κ1) is 16.7. The number of fused-ring (bicyclic) bond motifs is 1. The average Bonchev–Trinajstić information content (AvgIpc) is 3.07. The highest BCUT2D eigenvalue weighted by Gasteiger charge is 2.22. The van der Waals surface area contributed by atoms with Crippen molar-refractivity contribution in [2.75, 3.05) is 13.6 Å². The number of nitrogens with zero attached hydrogens (tertiary/aromatic N) is 2. The number of nitrogens with one attached hydrogen (secondary N) is 2. The van der Waals surface area contributed by atoms with Crippen molar-refractivity contribution >= 4 is 15.9 Å². The number of hydrogen-bond donors (Lipinski definition) is 2. The predicted molar refractivity (Wildman–Crippen MR) is 89.1 cm³/mol. The van der Waals surface area contributed by atoms with E-state index in [1.54, 1.807) is 6.20 Å². The van der Waals surface area contributed by atoms with E-state index in [1.165, 1.54) is 31.3 Å². The number of imidazole rings is 1. The zero-order valence-corrected chi connectivity index (χ0v) is 14.2. The van der Waals surface area contributed by atoms with Crippen LogP contribution in [0.25, 0.3) is 0 Å². The maximum Gasteiger partial charge on any atom is 0.251 e. The first-order valence-corrected chi connectivity index (χ1v) is 9.30. The van der Waals surface area contributed by atoms with Crippen molar-refractivity contribution < 1.29 is 13.2 Å². The molecule has 0 saturated carbocycles. The fourth-order valence-electron chi connectivity index (χ4n) is 2.83. The lowest BCUT2D eigenvalue weighted by Gasteiger charge is -2.23. The highest BCUT2D eigenvalue weighted by Crippen LogP contribution is 2.19. The van der Waals surface area contributed by atoms with Gasteiger partial charge in [-0.05, 0) is 36.6 Å². The fourth-order valence-corrected chi connectivity index (χ4v) is 3.95. The van der Waals surface area contributed by atoms with Crippen LogP contribution < -0.4 is 10.0 Å². The molecule has 2 heterocycles. The van der Waals surface area contributed by atoms with Crippen molar-refractivity contribution in [2.24, 2.45) is 5.92 Å². The molecule has 1 aliphatic rings. The molecule has 1 unspecified atom stereocenters. The molecule has 128 valence electrons. The number of rotatable bonds is 5. The van der Waals surface area contributed by atoms with Gasteiger partial charge in [0.1, 0.15) is 5.82 Å². The minimum atomic E-state index is -3.58. The Morgan fingerprint density at radius 1 is 1.33 bits per heavy atom. The van der Waals surface area contributed by atoms with E-state index in [1.807, 2.05) is 6.20 Å². The van der Waals surface area contributed by atoms with Gasteiger partial charge in [0.2, 0.25) is 10.0 Å². The fraction of sp³-hybridized carbons (Fsp3) is 0.375. The summed E-state index contributed by atoms with van der Waals surface area (Å²) in [6.45, 7) is 1.24. The van der Waals surface area contributed by atoms with Crippen LogP contribution in [0.1, 0.15) is 22.6 Å². The molecule has 3 rings (SSSR count). The normalized spacial score (nSPS) is 17.3. The molecular weight excluding hydrogens is 328 g/mol. The molecular formula is C16H20N4O3S. The minimum absolute atomic E-state index is 0.160. The molecule has 0 bridgehead atoms. The van der Waals surface area contributed by atoms with Crippen LogP contribution in [0.4, 0.5) is 0 Å². The van der Waals surface area contributed by atoms with Gasteiger partial charge in [-0.2, -0.15) is 0 Å². The summed E-state index contributed by atoms with van der Waals surface area (Å²) in [6, 6.07) is 5.90. The lowest BCUT2D eigenvalue weighted by molar-refractivity contribution is 0.0963. The largest absolute Gasteiger partial charge is 0.355 e. The van der Waals surface area contributed by atoms with E-state index in [9.17, 15) is 13.2 Å². The number of benzene rings is 1. The number of hydrogen-bond acceptors (Lipinski definition) is 4. The third kappa shape index (κ3) is 3.49. The Hall–Kier alpha value is -2.19. The second-order valence-electron chi connectivity index (χ2n) is 5.85. The molecule has 0 radical (unpaired) electrons. The lowest BCUT2D eigenvalue weighted by atomic mass is 9.98. The third-order valence-corrected chi connectivity index (χ3v) is 5.71. The molecule has 0 aliphatic carbocycles. The molecule has 1 aliphatic heterocycles. The Balaban J connectivity index is 1.63. The van der Waals surface area contributed by atoms with Crippen LogP contribution in [0.5, 0.6) is 0 Å². The van der Waals surface area contributed by atoms with Crippen LogP contribution in [0.3, 0.4) is 0 Å². The standard InChI is InChI=1S/C16H20N4O3S/c1-17-16(21)13-2-4-14(5-3-13)24(22,23)19-11-12-6-8-20-9-7-18-15(20)10-12/h2-5,7,9,12,19H,6,8,10-11H2,1H3,(H,17,21). The molecule has 0 fully saturated rings. The Labute approximate surface area is 141 Å². The van der Waals surface area contributed by atoms with Crippen LogP contribution in [-0.2, 0) is 23.0 Å². The van der Waals surface area contributed by atoms with Gasteiger partial charge in [0.25, 0.3) is 5.91 Å². The van der Waals surface area contributed by atoms with Gasteiger partial charge >= 0.3 is 0 Å². The number of carbonyl (C=O) groups is 1. The first-order valence-electron chi connectivity index (χ1n) is 7.81. The van der Waals surface area contributed by atoms with Crippen molar-refractivity contribution in [3.8, 4) is 0 Å². The van der Waals surface area contributed by atoms with Gasteiger partial charge in [-0.15, -0.1) is 0 Å². The highest BCUT2D eigenvalue weighted by atomic mass is 32.2. The Kier molecular flexibility index (Phi) is 4.68. The summed E-state index contributed by atoms with van der Waals surface area (Å²) >= 11 is 0. The van der Waals surface area contributed by atoms with E-state index in [0.717, 1.165) is 25.2 Å². The van der Waals surface area contributed by atoms with E-state index in [0.29, 0.717) is 12.1 Å². The Morgan fingerprint density at radius 3 is 2.79 bits per heavy atom. The van der Waals surface area contributed by atoms with Crippen molar-refractivity contribution in [3.05, 3.63) is 48.0 Å². The molecule has 2 N–H and O–H groups in total. The zero-order chi connectivity index (χ0) is 17.2. The van der Waals surface area contributed by atoms with Gasteiger partial charge in [0.05, 0.1) is 4.90 Å². The van der Waals surface area contributed by atoms with Crippen LogP contribution in [0.15, 0.2) is 41.6 Å². The summed E-state index contributed by atoms with van der Waals surface area (Å²) in [6.07, 6.45) is 5.41. The summed E-state index contributed by atoms with van der Waals surface area (Å²) in [4.78, 5) is 16.0. The molecule has 1 aromatic heterocycles. The van der Waals surface area contributed by atoms with Crippen molar-refractivity contribution in [3.63, 3.8) is 0 Å². The van der Waals surface area contributed by atoms with E-state index in [4.69, 9.17) is 0 Å². The summed E-state index contributed by atoms with van der Waals surface area (Å²) in [5.41, 5.74) is 0.426. The quantitative estimate of drug-likeness (QED) is 0.835. The zero-order valence-electron chi connectivity index (χ0n) is 13.4. The van der Waals surface area contributed by atoms with Gasteiger partial charge in [-0.3, -0.25) is 4.79 Å². The summed E-state index contributed by atoms with van der Waals surface area (Å²) in [5.74, 6) is 0.991. The SMILES string of the molecule is CNC(=O)c1ccc(S(=O)(=O)NCC2CCn3ccnc3C2)cc1. The van der Waals surface area contributed by atoms with Crippen LogP contribution in [-0.4, -0.2) is 37.5 Å². The number of aryl methyl sites for hydroxylation is 1. The number of aromatic nitrogens is 2. The van der Waals surface area contributed by atoms with E-state index in [-0.39, 0.29) is 16.7 Å². The monoisotopic (exact) mass is 348 g/mol. The van der Waals surface area contributed by atoms with E-state index in [2.05, 4.69) is 19.6 Å². The molecule has 1 aromatic carbocycles. The summed E-state index contributed by atoms with van der Waals surface area (Å²) in [7, 11) is -2.05. The maximum absolute atomic E-state index is 12.4. The predicted octanol–water partition coefficient (Wildman–Crippen LogP) is 0.784. The van der Waals surface area contributed by atoms with E-state index < -0.39 is 10.0 Å². The molecule has 24 heavy (non-hydrogen) atoms. The average molecular weight is 348 g/mol. The molecule has 1 amide bonds. The van der Waals surface area contributed by atoms with Crippen molar-refractivity contribution in [1.29, 1.82) is 0 Å². The second kappa shape index (κ2) is 6.74. The van der Waals surface area contributed by atoms with Crippen molar-refractivity contribution in [2.45, 2.75) is 24.3 Å². The third-order valence-electron chi connectivity index (χ3n) is 4.27. The van der Waals surface area contributed by atoms with Gasteiger partial charge in [-0.25, -0.2) is 18.1 Å². The molecule has 7 nitrogen and oxygen atoms in total. The topological polar surface area (TPSA) is 93.1 Å². The molecule has 8 heteroatoms. The van der Waals surface area contributed by atoms with E-state index >= 15 is 0 Å². The second-order valence-corrected chi connectivity index (χ2v) is 7.62. The molecule has 0 spiro atoms. The van der Waals surface area contributed by atoms with Gasteiger partial charge in [-0.1, -0.05) is 0 Å². The summed E-state index contributed by atoms with van der Waals surface area (Å²) in [5, 5.41) is 2.50. The number of amides is 1. The Morgan fingerprint density at radius 2 is 2.08 bits per heavy atom. The van der Waals surface area contributed by atoms with Crippen LogP contribution in [0, 0.1) is 5.92 Å². The minimum Gasteiger partial charge on any atom is -0.355 e. The first-order chi connectivity index (χ1) is 11.5. The molecule has 1 atom stereocenters. The number of sulfonamides is 1. The van der Waals surface area contributed by atoms with Crippen LogP contribution >= 0.6 is 0 Å². The lowest BCUT2D eigenvalue weighted by Crippen LogP contribution is -2.33. The van der Waals surface area contributed by atoms with Gasteiger partial charge in [0, 0.05) is 44.5 Å². The van der Waals surface area contributed by atoms with Crippen LogP contribution in [0.2, 0.25) is 0 Å². The van der Waals surface area contributed by atoms with Gasteiger partial charge < -0.3 is 9.88 Å². The molecule has 0 saturated heterocycles. The number of carbonyl (C=O) groups excluding carboxylic acids is 1. The molecule has 2 aromatic rings. The maximum atomic E-state index is 12.4. The van der Waals surface area contributed by atoms with Gasteiger partial charge in [0.15, 0.2) is 0 Å². The smallest absolute Gasteiger partial charge is 0.251 e. The highest BCUT2D eigenvalue weighted by molar-refractivity contribution is 7.89. The van der Waals surface area contributed by atoms with Crippen molar-refractivity contribution in [1.82, 2.24) is 19.6 Å². The summed E-state index contributed by atoms with van der Waals surface area (Å²) < 4.78 is 29.5. The Bertz CT molecular complexity index is 827.